The second kappa shape index (κ2) is 14.4. The number of hydrogen-bond donors (Lipinski definition) is 0. The van der Waals surface area contributed by atoms with Gasteiger partial charge in [-0.15, -0.1) is 11.3 Å². The first-order valence-corrected chi connectivity index (χ1v) is 20.6. The molecular formula is C56H37NS. The molecule has 0 aliphatic carbocycles. The fourth-order valence-electron chi connectivity index (χ4n) is 8.55. The third-order valence-electron chi connectivity index (χ3n) is 11.4. The first-order chi connectivity index (χ1) is 28.7. The maximum absolute atomic E-state index is 2.38. The molecule has 0 N–H and O–H groups in total. The van der Waals surface area contributed by atoms with Crippen LogP contribution in [-0.4, -0.2) is 0 Å². The quantitative estimate of drug-likeness (QED) is 0.157. The third kappa shape index (κ3) is 6.12. The Bertz CT molecular complexity index is 3280. The van der Waals surface area contributed by atoms with Gasteiger partial charge in [-0.05, 0) is 121 Å². The van der Waals surface area contributed by atoms with E-state index in [0.29, 0.717) is 0 Å². The molecule has 0 aliphatic heterocycles. The van der Waals surface area contributed by atoms with Crippen molar-refractivity contribution in [3.05, 3.63) is 224 Å². The van der Waals surface area contributed by atoms with Crippen molar-refractivity contribution < 1.29 is 0 Å². The van der Waals surface area contributed by atoms with Crippen LogP contribution in [0, 0.1) is 0 Å². The van der Waals surface area contributed by atoms with E-state index in [9.17, 15) is 0 Å². The highest BCUT2D eigenvalue weighted by Gasteiger charge is 2.16. The average Bonchev–Trinajstić information content (AvgIpc) is 3.69. The number of fused-ring (bicyclic) bond motifs is 5. The van der Waals surface area contributed by atoms with Crippen LogP contribution in [0.5, 0.6) is 0 Å². The molecule has 0 radical (unpaired) electrons. The molecule has 1 aromatic heterocycles. The zero-order valence-corrected chi connectivity index (χ0v) is 32.5. The Kier molecular flexibility index (Phi) is 8.42. The van der Waals surface area contributed by atoms with Gasteiger partial charge in [0.05, 0.1) is 0 Å². The van der Waals surface area contributed by atoms with Crippen LogP contribution in [0.25, 0.3) is 86.2 Å². The van der Waals surface area contributed by atoms with Crippen molar-refractivity contribution in [1.82, 2.24) is 0 Å². The summed E-state index contributed by atoms with van der Waals surface area (Å²) >= 11 is 1.88. The summed E-state index contributed by atoms with van der Waals surface area (Å²) < 4.78 is 2.66. The number of anilines is 3. The summed E-state index contributed by atoms with van der Waals surface area (Å²) in [5, 5.41) is 7.65. The first kappa shape index (κ1) is 34.0. The van der Waals surface area contributed by atoms with Crippen LogP contribution in [0.3, 0.4) is 0 Å². The molecule has 0 fully saturated rings. The minimum Gasteiger partial charge on any atom is -0.310 e. The molecule has 0 saturated carbocycles. The van der Waals surface area contributed by atoms with Crippen molar-refractivity contribution in [2.24, 2.45) is 0 Å². The molecule has 1 nitrogen and oxygen atoms in total. The van der Waals surface area contributed by atoms with E-state index < -0.39 is 0 Å². The van der Waals surface area contributed by atoms with Crippen LogP contribution in [0.1, 0.15) is 0 Å². The Morgan fingerprint density at radius 1 is 0.276 bits per heavy atom. The van der Waals surface area contributed by atoms with Crippen LogP contribution < -0.4 is 4.90 Å². The smallest absolute Gasteiger partial charge is 0.0467 e. The summed E-state index contributed by atoms with van der Waals surface area (Å²) in [6.07, 6.45) is 0. The van der Waals surface area contributed by atoms with Crippen molar-refractivity contribution >= 4 is 70.1 Å². The van der Waals surface area contributed by atoms with Gasteiger partial charge in [0.2, 0.25) is 0 Å². The molecule has 11 aromatic rings. The molecular weight excluding hydrogens is 719 g/mol. The van der Waals surface area contributed by atoms with E-state index in [4.69, 9.17) is 0 Å². The minimum atomic E-state index is 1.10. The van der Waals surface area contributed by atoms with E-state index >= 15 is 0 Å². The van der Waals surface area contributed by atoms with Crippen molar-refractivity contribution in [2.45, 2.75) is 0 Å². The summed E-state index contributed by atoms with van der Waals surface area (Å²) in [4.78, 5) is 2.38. The van der Waals surface area contributed by atoms with E-state index in [1.165, 1.54) is 86.2 Å². The standard InChI is InChI=1S/C56H37NS/c1-2-13-42-35-45(26-25-38(42)11-1)39-27-31-47(32-28-39)57(48-33-29-41(30-34-48)51-21-9-14-40-12-3-4-19-50(40)51)49-18-8-16-44(37-49)43-15-7-17-46(36-43)52-22-10-23-54-53-20-5-6-24-55(53)58-56(52)54/h1-37H. The molecule has 0 bridgehead atoms. The Morgan fingerprint density at radius 3 is 1.66 bits per heavy atom. The Labute approximate surface area is 342 Å². The van der Waals surface area contributed by atoms with Gasteiger partial charge in [0.25, 0.3) is 0 Å². The van der Waals surface area contributed by atoms with Gasteiger partial charge < -0.3 is 4.90 Å². The fraction of sp³-hybridized carbons (Fsp3) is 0. The van der Waals surface area contributed by atoms with Crippen LogP contribution in [0.2, 0.25) is 0 Å². The van der Waals surface area contributed by atoms with Gasteiger partial charge in [-0.2, -0.15) is 0 Å². The molecule has 58 heavy (non-hydrogen) atoms. The van der Waals surface area contributed by atoms with Crippen LogP contribution >= 0.6 is 11.3 Å². The van der Waals surface area contributed by atoms with Crippen molar-refractivity contribution in [1.29, 1.82) is 0 Å². The molecule has 10 aromatic carbocycles. The molecule has 0 saturated heterocycles. The van der Waals surface area contributed by atoms with Gasteiger partial charge in [-0.25, -0.2) is 0 Å². The summed E-state index contributed by atoms with van der Waals surface area (Å²) in [5.74, 6) is 0. The van der Waals surface area contributed by atoms with Gasteiger partial charge in [0.15, 0.2) is 0 Å². The van der Waals surface area contributed by atoms with Crippen LogP contribution in [0.15, 0.2) is 224 Å². The predicted molar refractivity (Wildman–Crippen MR) is 251 cm³/mol. The van der Waals surface area contributed by atoms with E-state index in [-0.39, 0.29) is 0 Å². The second-order valence-corrected chi connectivity index (χ2v) is 16.0. The topological polar surface area (TPSA) is 3.24 Å². The molecule has 0 aliphatic rings. The van der Waals surface area contributed by atoms with Crippen molar-refractivity contribution in [3.63, 3.8) is 0 Å². The number of thiophene rings is 1. The third-order valence-corrected chi connectivity index (χ3v) is 12.7. The summed E-state index contributed by atoms with van der Waals surface area (Å²) in [5.41, 5.74) is 13.0. The normalized spacial score (nSPS) is 11.4. The molecule has 1 heterocycles. The molecule has 0 atom stereocenters. The van der Waals surface area contributed by atoms with Gasteiger partial charge in [0.1, 0.15) is 0 Å². The molecule has 0 spiro atoms. The summed E-state index contributed by atoms with van der Waals surface area (Å²) in [6.45, 7) is 0. The van der Waals surface area contributed by atoms with Gasteiger partial charge >= 0.3 is 0 Å². The predicted octanol–water partition coefficient (Wildman–Crippen LogP) is 16.5. The van der Waals surface area contributed by atoms with E-state index in [0.717, 1.165) is 17.1 Å². The summed E-state index contributed by atoms with van der Waals surface area (Å²) in [7, 11) is 0. The highest BCUT2D eigenvalue weighted by molar-refractivity contribution is 7.26. The average molecular weight is 756 g/mol. The fourth-order valence-corrected chi connectivity index (χ4v) is 9.79. The number of benzene rings is 10. The van der Waals surface area contributed by atoms with Gasteiger partial charge in [-0.1, -0.05) is 170 Å². The Balaban J connectivity index is 0.996. The summed E-state index contributed by atoms with van der Waals surface area (Å²) in [6, 6.07) is 81.9. The molecule has 0 unspecified atom stereocenters. The van der Waals surface area contributed by atoms with Crippen LogP contribution in [-0.2, 0) is 0 Å². The lowest BCUT2D eigenvalue weighted by atomic mass is 9.97. The Hall–Kier alpha value is -7.26. The maximum atomic E-state index is 2.38. The van der Waals surface area contributed by atoms with E-state index in [1.54, 1.807) is 0 Å². The van der Waals surface area contributed by atoms with E-state index in [1.807, 2.05) is 11.3 Å². The van der Waals surface area contributed by atoms with Gasteiger partial charge in [0, 0.05) is 37.2 Å². The zero-order valence-electron chi connectivity index (χ0n) is 31.7. The van der Waals surface area contributed by atoms with E-state index in [2.05, 4.69) is 229 Å². The van der Waals surface area contributed by atoms with Crippen molar-refractivity contribution in [2.75, 3.05) is 4.90 Å². The molecule has 11 rings (SSSR count). The van der Waals surface area contributed by atoms with Gasteiger partial charge in [-0.3, -0.25) is 0 Å². The number of hydrogen-bond acceptors (Lipinski definition) is 2. The SMILES string of the molecule is c1cc(-c2cccc(N(c3ccc(-c4ccc5ccccc5c4)cc3)c3ccc(-c4cccc5ccccc45)cc3)c2)cc(-c2cccc3c2sc2ccccc23)c1. The minimum absolute atomic E-state index is 1.10. The highest BCUT2D eigenvalue weighted by Crippen LogP contribution is 2.42. The lowest BCUT2D eigenvalue weighted by Gasteiger charge is -2.26. The zero-order chi connectivity index (χ0) is 38.4. The lowest BCUT2D eigenvalue weighted by molar-refractivity contribution is 1.28. The maximum Gasteiger partial charge on any atom is 0.0467 e. The number of nitrogens with zero attached hydrogens (tertiary/aromatic N) is 1. The van der Waals surface area contributed by atoms with Crippen LogP contribution in [0.4, 0.5) is 17.1 Å². The second-order valence-electron chi connectivity index (χ2n) is 14.9. The monoisotopic (exact) mass is 755 g/mol. The van der Waals surface area contributed by atoms with Crippen molar-refractivity contribution in [3.8, 4) is 44.5 Å². The Morgan fingerprint density at radius 2 is 0.828 bits per heavy atom. The molecule has 0 amide bonds. The highest BCUT2D eigenvalue weighted by atomic mass is 32.1. The largest absolute Gasteiger partial charge is 0.310 e. The molecule has 272 valence electrons. The number of rotatable bonds is 7. The first-order valence-electron chi connectivity index (χ1n) is 19.8. The lowest BCUT2D eigenvalue weighted by Crippen LogP contribution is -2.10. The molecule has 2 heteroatoms.